The predicted octanol–water partition coefficient (Wildman–Crippen LogP) is 2.15. The molecule has 1 aromatic heterocycles. The lowest BCUT2D eigenvalue weighted by molar-refractivity contribution is 0.401. The first-order valence-corrected chi connectivity index (χ1v) is 10.3. The molecule has 0 aliphatic carbocycles. The molecular weight excluding hydrogens is 362 g/mol. The molecule has 0 amide bonds. The molecule has 1 N–H and O–H groups in total. The van der Waals surface area contributed by atoms with Crippen molar-refractivity contribution in [2.24, 2.45) is 5.92 Å². The molecule has 1 fully saturated rings. The van der Waals surface area contributed by atoms with Crippen molar-refractivity contribution in [1.82, 2.24) is 14.7 Å². The molecule has 0 spiro atoms. The number of nitrogens with zero attached hydrogens (tertiary/aromatic N) is 4. The van der Waals surface area contributed by atoms with E-state index in [1.54, 1.807) is 12.3 Å². The van der Waals surface area contributed by atoms with Crippen LogP contribution in [0.4, 0.5) is 5.82 Å². The number of aromatic nitrogens is 2. The average molecular weight is 383 g/mol. The molecule has 140 valence electrons. The van der Waals surface area contributed by atoms with Gasteiger partial charge in [0.1, 0.15) is 6.07 Å². The Morgan fingerprint density at radius 3 is 2.59 bits per heavy atom. The number of hydrogen-bond acceptors (Lipinski definition) is 6. The van der Waals surface area contributed by atoms with E-state index in [9.17, 15) is 8.42 Å². The van der Waals surface area contributed by atoms with Gasteiger partial charge in [0.15, 0.2) is 11.5 Å². The third-order valence-corrected chi connectivity index (χ3v) is 5.57. The van der Waals surface area contributed by atoms with Crippen LogP contribution in [0.25, 0.3) is 6.08 Å². The van der Waals surface area contributed by atoms with Gasteiger partial charge >= 0.3 is 0 Å². The van der Waals surface area contributed by atoms with Crippen LogP contribution >= 0.6 is 0 Å². The van der Waals surface area contributed by atoms with E-state index in [1.807, 2.05) is 35.2 Å². The lowest BCUT2D eigenvalue weighted by Gasteiger charge is -2.32. The van der Waals surface area contributed by atoms with Gasteiger partial charge in [-0.25, -0.2) is 23.1 Å². The smallest absolute Gasteiger partial charge is 0.233 e. The van der Waals surface area contributed by atoms with E-state index >= 15 is 0 Å². The van der Waals surface area contributed by atoms with Gasteiger partial charge in [0, 0.05) is 37.4 Å². The van der Waals surface area contributed by atoms with Crippen molar-refractivity contribution in [2.75, 3.05) is 24.5 Å². The van der Waals surface area contributed by atoms with Crippen LogP contribution in [0.3, 0.4) is 0 Å². The molecule has 1 aliphatic heterocycles. The Hall–Kier alpha value is -2.76. The van der Waals surface area contributed by atoms with Crippen molar-refractivity contribution in [3.05, 3.63) is 59.4 Å². The van der Waals surface area contributed by atoms with Crippen molar-refractivity contribution in [3.8, 4) is 6.07 Å². The first kappa shape index (κ1) is 19.0. The van der Waals surface area contributed by atoms with E-state index in [0.717, 1.165) is 31.5 Å². The van der Waals surface area contributed by atoms with E-state index in [2.05, 4.69) is 20.8 Å². The van der Waals surface area contributed by atoms with Crippen molar-refractivity contribution in [1.29, 1.82) is 5.26 Å². The van der Waals surface area contributed by atoms with Crippen molar-refractivity contribution >= 4 is 21.9 Å². The first-order valence-electron chi connectivity index (χ1n) is 8.76. The van der Waals surface area contributed by atoms with Gasteiger partial charge in [-0.15, -0.1) is 0 Å². The van der Waals surface area contributed by atoms with Gasteiger partial charge in [-0.3, -0.25) is 0 Å². The fourth-order valence-electron chi connectivity index (χ4n) is 3.00. The van der Waals surface area contributed by atoms with Crippen molar-refractivity contribution in [2.45, 2.75) is 12.8 Å². The van der Waals surface area contributed by atoms with Crippen LogP contribution in [0, 0.1) is 17.2 Å². The number of rotatable bonds is 6. The number of nitrogens with one attached hydrogen (secondary N) is 1. The molecule has 27 heavy (non-hydrogen) atoms. The molecule has 3 rings (SSSR count). The molecule has 0 atom stereocenters. The van der Waals surface area contributed by atoms with Crippen molar-refractivity contribution < 1.29 is 8.42 Å². The van der Waals surface area contributed by atoms with Crippen LogP contribution in [-0.2, 0) is 10.0 Å². The summed E-state index contributed by atoms with van der Waals surface area (Å²) < 4.78 is 27.0. The number of benzene rings is 1. The predicted molar refractivity (Wildman–Crippen MR) is 104 cm³/mol. The maximum atomic E-state index is 12.2. The van der Waals surface area contributed by atoms with Gasteiger partial charge in [-0.2, -0.15) is 5.26 Å². The third kappa shape index (κ3) is 5.36. The summed E-state index contributed by atoms with van der Waals surface area (Å²) >= 11 is 0. The van der Waals surface area contributed by atoms with E-state index < -0.39 is 10.0 Å². The molecule has 8 heteroatoms. The molecule has 0 radical (unpaired) electrons. The van der Waals surface area contributed by atoms with Crippen LogP contribution in [0.5, 0.6) is 0 Å². The monoisotopic (exact) mass is 383 g/mol. The highest BCUT2D eigenvalue weighted by Gasteiger charge is 2.23. The standard InChI is InChI=1S/C19H21N5O2S/c20-14-18-19(22-10-9-21-18)24-11-6-17(7-12-24)15-23-27(25,26)13-8-16-4-2-1-3-5-16/h1-5,8-10,13,17,23H,6-7,11-12,15H2. The quantitative estimate of drug-likeness (QED) is 0.821. The summed E-state index contributed by atoms with van der Waals surface area (Å²) in [6.07, 6.45) is 6.32. The molecule has 2 heterocycles. The Kier molecular flexibility index (Phi) is 6.16. The summed E-state index contributed by atoms with van der Waals surface area (Å²) in [6, 6.07) is 11.4. The first-order chi connectivity index (χ1) is 13.1. The molecule has 2 aromatic rings. The number of sulfonamides is 1. The van der Waals surface area contributed by atoms with E-state index in [1.165, 1.54) is 11.6 Å². The Balaban J connectivity index is 1.51. The SMILES string of the molecule is N#Cc1nccnc1N1CCC(CNS(=O)(=O)C=Cc2ccccc2)CC1. The fraction of sp³-hybridized carbons (Fsp3) is 0.316. The highest BCUT2D eigenvalue weighted by atomic mass is 32.2. The molecule has 1 saturated heterocycles. The van der Waals surface area contributed by atoms with Crippen LogP contribution in [0.15, 0.2) is 48.1 Å². The Bertz CT molecular complexity index is 930. The van der Waals surface area contributed by atoms with Gasteiger partial charge in [0.05, 0.1) is 0 Å². The van der Waals surface area contributed by atoms with Gasteiger partial charge in [0.25, 0.3) is 0 Å². The number of nitriles is 1. The fourth-order valence-corrected chi connectivity index (χ4v) is 3.90. The molecular formula is C19H21N5O2S. The summed E-state index contributed by atoms with van der Waals surface area (Å²) in [7, 11) is -3.47. The second-order valence-electron chi connectivity index (χ2n) is 6.38. The van der Waals surface area contributed by atoms with Gasteiger partial charge in [-0.1, -0.05) is 30.3 Å². The van der Waals surface area contributed by atoms with Gasteiger partial charge in [-0.05, 0) is 30.4 Å². The van der Waals surface area contributed by atoms with Crippen LogP contribution in [0.1, 0.15) is 24.1 Å². The van der Waals surface area contributed by atoms with Gasteiger partial charge < -0.3 is 4.90 Å². The number of piperidine rings is 1. The maximum absolute atomic E-state index is 12.2. The summed E-state index contributed by atoms with van der Waals surface area (Å²) in [5.41, 5.74) is 1.16. The Morgan fingerprint density at radius 1 is 1.19 bits per heavy atom. The second kappa shape index (κ2) is 8.75. The number of hydrogen-bond donors (Lipinski definition) is 1. The zero-order valence-electron chi connectivity index (χ0n) is 14.8. The minimum Gasteiger partial charge on any atom is -0.354 e. The van der Waals surface area contributed by atoms with E-state index in [4.69, 9.17) is 5.26 Å². The van der Waals surface area contributed by atoms with Crippen LogP contribution in [-0.4, -0.2) is 38.0 Å². The molecule has 7 nitrogen and oxygen atoms in total. The highest BCUT2D eigenvalue weighted by Crippen LogP contribution is 2.23. The minimum atomic E-state index is -3.47. The van der Waals surface area contributed by atoms with Crippen molar-refractivity contribution in [3.63, 3.8) is 0 Å². The average Bonchev–Trinajstić information content (AvgIpc) is 2.72. The lowest BCUT2D eigenvalue weighted by atomic mass is 9.97. The molecule has 1 aromatic carbocycles. The Labute approximate surface area is 159 Å². The third-order valence-electron chi connectivity index (χ3n) is 4.51. The zero-order chi connectivity index (χ0) is 19.1. The highest BCUT2D eigenvalue weighted by molar-refractivity contribution is 7.92. The normalized spacial score (nSPS) is 15.7. The Morgan fingerprint density at radius 2 is 1.89 bits per heavy atom. The summed E-state index contributed by atoms with van der Waals surface area (Å²) in [6.45, 7) is 1.85. The van der Waals surface area contributed by atoms with E-state index in [-0.39, 0.29) is 5.92 Å². The summed E-state index contributed by atoms with van der Waals surface area (Å²) in [4.78, 5) is 10.3. The maximum Gasteiger partial charge on any atom is 0.233 e. The summed E-state index contributed by atoms with van der Waals surface area (Å²) in [5.74, 6) is 0.855. The molecule has 0 bridgehead atoms. The summed E-state index contributed by atoms with van der Waals surface area (Å²) in [5, 5.41) is 10.3. The van der Waals surface area contributed by atoms with Crippen LogP contribution < -0.4 is 9.62 Å². The second-order valence-corrected chi connectivity index (χ2v) is 8.03. The number of anilines is 1. The molecule has 1 aliphatic rings. The minimum absolute atomic E-state index is 0.253. The topological polar surface area (TPSA) is 99.0 Å². The molecule has 0 unspecified atom stereocenters. The molecule has 0 saturated carbocycles. The van der Waals surface area contributed by atoms with E-state index in [0.29, 0.717) is 18.1 Å². The zero-order valence-corrected chi connectivity index (χ0v) is 15.6. The largest absolute Gasteiger partial charge is 0.354 e. The van der Waals surface area contributed by atoms with Gasteiger partial charge in [0.2, 0.25) is 10.0 Å². The van der Waals surface area contributed by atoms with Crippen LogP contribution in [0.2, 0.25) is 0 Å². The lowest BCUT2D eigenvalue weighted by Crippen LogP contribution is -2.39.